The van der Waals surface area contributed by atoms with E-state index in [1.165, 1.54) is 12.8 Å². The lowest BCUT2D eigenvalue weighted by atomic mass is 9.80. The maximum atomic E-state index is 12.4. The SMILES string of the molecule is CCC(CC)(C(=O)NCC(C)N(C)C1CC1)C(N)=NO. The summed E-state index contributed by atoms with van der Waals surface area (Å²) in [4.78, 5) is 14.7. The van der Waals surface area contributed by atoms with Crippen molar-refractivity contribution in [3.05, 3.63) is 0 Å². The van der Waals surface area contributed by atoms with Crippen LogP contribution in [0.1, 0.15) is 46.5 Å². The summed E-state index contributed by atoms with van der Waals surface area (Å²) in [6, 6.07) is 0.943. The quantitative estimate of drug-likeness (QED) is 0.270. The number of nitrogens with two attached hydrogens (primary N) is 1. The first-order valence-electron chi connectivity index (χ1n) is 7.41. The molecule has 116 valence electrons. The molecule has 1 rings (SSSR count). The maximum Gasteiger partial charge on any atom is 0.233 e. The number of oxime groups is 1. The average Bonchev–Trinajstić information content (AvgIpc) is 3.29. The third-order valence-corrected chi connectivity index (χ3v) is 4.62. The summed E-state index contributed by atoms with van der Waals surface area (Å²) in [5, 5.41) is 14.9. The van der Waals surface area contributed by atoms with Gasteiger partial charge in [0.1, 0.15) is 5.41 Å². The standard InChI is InChI=1S/C14H28N4O2/c1-5-14(6-2,12(15)17-20)13(19)16-9-10(3)18(4)11-7-8-11/h10-11,20H,5-9H2,1-4H3,(H2,15,17)(H,16,19). The Morgan fingerprint density at radius 1 is 1.50 bits per heavy atom. The Morgan fingerprint density at radius 3 is 2.45 bits per heavy atom. The predicted octanol–water partition coefficient (Wildman–Crippen LogP) is 1.14. The van der Waals surface area contributed by atoms with Gasteiger partial charge in [0.2, 0.25) is 5.91 Å². The molecule has 20 heavy (non-hydrogen) atoms. The van der Waals surface area contributed by atoms with Crippen molar-refractivity contribution in [1.82, 2.24) is 10.2 Å². The van der Waals surface area contributed by atoms with Crippen molar-refractivity contribution < 1.29 is 10.0 Å². The van der Waals surface area contributed by atoms with Crippen LogP contribution in [0.25, 0.3) is 0 Å². The topological polar surface area (TPSA) is 91.0 Å². The molecule has 1 aliphatic rings. The van der Waals surface area contributed by atoms with Gasteiger partial charge in [0.05, 0.1) is 0 Å². The second-order valence-corrected chi connectivity index (χ2v) is 5.73. The molecule has 0 spiro atoms. The van der Waals surface area contributed by atoms with Crippen LogP contribution in [0.5, 0.6) is 0 Å². The summed E-state index contributed by atoms with van der Waals surface area (Å²) >= 11 is 0. The minimum atomic E-state index is -0.910. The molecule has 0 aromatic heterocycles. The van der Waals surface area contributed by atoms with Gasteiger partial charge in [-0.1, -0.05) is 19.0 Å². The van der Waals surface area contributed by atoms with E-state index in [-0.39, 0.29) is 17.8 Å². The molecule has 1 fully saturated rings. The smallest absolute Gasteiger partial charge is 0.233 e. The lowest BCUT2D eigenvalue weighted by Crippen LogP contribution is -2.51. The van der Waals surface area contributed by atoms with Gasteiger partial charge in [-0.15, -0.1) is 0 Å². The summed E-state index contributed by atoms with van der Waals surface area (Å²) in [6.45, 7) is 6.43. The number of carbonyl (C=O) groups is 1. The van der Waals surface area contributed by atoms with E-state index in [2.05, 4.69) is 29.3 Å². The van der Waals surface area contributed by atoms with Crippen LogP contribution in [0.3, 0.4) is 0 Å². The first kappa shape index (κ1) is 16.8. The highest BCUT2D eigenvalue weighted by atomic mass is 16.4. The molecule has 6 nitrogen and oxygen atoms in total. The molecule has 0 saturated heterocycles. The molecule has 0 aromatic carbocycles. The van der Waals surface area contributed by atoms with E-state index in [1.54, 1.807) is 0 Å². The van der Waals surface area contributed by atoms with Crippen LogP contribution in [0.15, 0.2) is 5.16 Å². The largest absolute Gasteiger partial charge is 0.409 e. The van der Waals surface area contributed by atoms with Crippen LogP contribution in [-0.2, 0) is 4.79 Å². The second-order valence-electron chi connectivity index (χ2n) is 5.73. The van der Waals surface area contributed by atoms with Crippen LogP contribution < -0.4 is 11.1 Å². The first-order chi connectivity index (χ1) is 9.42. The Kier molecular flexibility index (Phi) is 5.80. The van der Waals surface area contributed by atoms with Crippen molar-refractivity contribution in [2.45, 2.75) is 58.5 Å². The second kappa shape index (κ2) is 6.92. The first-order valence-corrected chi connectivity index (χ1v) is 7.41. The molecular formula is C14H28N4O2. The number of hydrogen-bond acceptors (Lipinski definition) is 4. The highest BCUT2D eigenvalue weighted by Crippen LogP contribution is 2.28. The fraction of sp³-hybridized carbons (Fsp3) is 0.857. The van der Waals surface area contributed by atoms with Crippen molar-refractivity contribution in [1.29, 1.82) is 0 Å². The van der Waals surface area contributed by atoms with Crippen LogP contribution in [-0.4, -0.2) is 47.5 Å². The fourth-order valence-corrected chi connectivity index (χ4v) is 2.54. The van der Waals surface area contributed by atoms with E-state index in [9.17, 15) is 4.79 Å². The zero-order valence-electron chi connectivity index (χ0n) is 13.0. The average molecular weight is 284 g/mol. The summed E-state index contributed by atoms with van der Waals surface area (Å²) in [5.74, 6) is -0.169. The van der Waals surface area contributed by atoms with Gasteiger partial charge in [-0.3, -0.25) is 9.69 Å². The van der Waals surface area contributed by atoms with E-state index < -0.39 is 5.41 Å². The maximum absolute atomic E-state index is 12.4. The number of nitrogens with one attached hydrogen (secondary N) is 1. The van der Waals surface area contributed by atoms with Crippen LogP contribution in [0, 0.1) is 5.41 Å². The lowest BCUT2D eigenvalue weighted by Gasteiger charge is -2.31. The number of rotatable bonds is 8. The highest BCUT2D eigenvalue weighted by molar-refractivity contribution is 6.06. The molecule has 1 amide bonds. The molecule has 1 aliphatic carbocycles. The third-order valence-electron chi connectivity index (χ3n) is 4.62. The normalized spacial score (nSPS) is 18.1. The molecule has 1 saturated carbocycles. The highest BCUT2D eigenvalue weighted by Gasteiger charge is 2.40. The molecule has 0 radical (unpaired) electrons. The van der Waals surface area contributed by atoms with E-state index in [0.717, 1.165) is 0 Å². The van der Waals surface area contributed by atoms with Gasteiger partial charge in [-0.05, 0) is 39.7 Å². The van der Waals surface area contributed by atoms with Crippen molar-refractivity contribution >= 4 is 11.7 Å². The van der Waals surface area contributed by atoms with E-state index in [4.69, 9.17) is 10.9 Å². The van der Waals surface area contributed by atoms with Crippen LogP contribution in [0.2, 0.25) is 0 Å². The number of likely N-dealkylation sites (N-methyl/N-ethyl adjacent to an activating group) is 1. The monoisotopic (exact) mass is 284 g/mol. The van der Waals surface area contributed by atoms with Gasteiger partial charge >= 0.3 is 0 Å². The summed E-state index contributed by atoms with van der Waals surface area (Å²) in [6.07, 6.45) is 3.51. The van der Waals surface area contributed by atoms with Gasteiger partial charge in [-0.2, -0.15) is 0 Å². The van der Waals surface area contributed by atoms with Crippen molar-refractivity contribution in [3.63, 3.8) is 0 Å². The number of nitrogens with zero attached hydrogens (tertiary/aromatic N) is 2. The minimum Gasteiger partial charge on any atom is -0.409 e. The molecule has 0 heterocycles. The van der Waals surface area contributed by atoms with Gasteiger partial charge in [0, 0.05) is 18.6 Å². The molecular weight excluding hydrogens is 256 g/mol. The minimum absolute atomic E-state index is 0.0109. The van der Waals surface area contributed by atoms with E-state index >= 15 is 0 Å². The van der Waals surface area contributed by atoms with Crippen LogP contribution >= 0.6 is 0 Å². The van der Waals surface area contributed by atoms with Crippen molar-refractivity contribution in [3.8, 4) is 0 Å². The molecule has 1 unspecified atom stereocenters. The Bertz CT molecular complexity index is 362. The lowest BCUT2D eigenvalue weighted by molar-refractivity contribution is -0.128. The number of carbonyl (C=O) groups excluding carboxylic acids is 1. The summed E-state index contributed by atoms with van der Waals surface area (Å²) in [5.41, 5.74) is 4.82. The molecule has 0 aliphatic heterocycles. The van der Waals surface area contributed by atoms with Crippen molar-refractivity contribution in [2.75, 3.05) is 13.6 Å². The van der Waals surface area contributed by atoms with Crippen LogP contribution in [0.4, 0.5) is 0 Å². The van der Waals surface area contributed by atoms with Gasteiger partial charge in [-0.25, -0.2) is 0 Å². The molecule has 6 heteroatoms. The summed E-state index contributed by atoms with van der Waals surface area (Å²) < 4.78 is 0. The van der Waals surface area contributed by atoms with E-state index in [1.807, 2.05) is 13.8 Å². The van der Waals surface area contributed by atoms with Gasteiger partial charge in [0.25, 0.3) is 0 Å². The molecule has 0 aromatic rings. The molecule has 1 atom stereocenters. The number of amides is 1. The molecule has 4 N–H and O–H groups in total. The Hall–Kier alpha value is -1.30. The number of amidine groups is 1. The summed E-state index contributed by atoms with van der Waals surface area (Å²) in [7, 11) is 2.09. The van der Waals surface area contributed by atoms with Gasteiger partial charge in [0.15, 0.2) is 5.84 Å². The Balaban J connectivity index is 2.62. The zero-order valence-corrected chi connectivity index (χ0v) is 13.0. The third kappa shape index (κ3) is 3.42. The fourth-order valence-electron chi connectivity index (χ4n) is 2.54. The Labute approximate surface area is 121 Å². The predicted molar refractivity (Wildman–Crippen MR) is 79.7 cm³/mol. The molecule has 0 bridgehead atoms. The number of hydrogen-bond donors (Lipinski definition) is 3. The Morgan fingerprint density at radius 2 is 2.05 bits per heavy atom. The van der Waals surface area contributed by atoms with Gasteiger partial charge < -0.3 is 16.3 Å². The zero-order chi connectivity index (χ0) is 15.3. The van der Waals surface area contributed by atoms with E-state index in [0.29, 0.717) is 25.4 Å². The van der Waals surface area contributed by atoms with Crippen molar-refractivity contribution in [2.24, 2.45) is 16.3 Å².